The summed E-state index contributed by atoms with van der Waals surface area (Å²) in [6, 6.07) is 14.8. The molecule has 4 aromatic rings. The first-order valence-corrected chi connectivity index (χ1v) is 8.13. The summed E-state index contributed by atoms with van der Waals surface area (Å²) >= 11 is 0. The molecule has 6 nitrogen and oxygen atoms in total. The van der Waals surface area contributed by atoms with Crippen molar-refractivity contribution in [2.45, 2.75) is 13.8 Å². The summed E-state index contributed by atoms with van der Waals surface area (Å²) in [5.41, 5.74) is 2.93. The molecule has 0 N–H and O–H groups in total. The van der Waals surface area contributed by atoms with E-state index in [9.17, 15) is 4.79 Å². The van der Waals surface area contributed by atoms with Gasteiger partial charge in [-0.05, 0) is 44.2 Å². The third-order valence-electron chi connectivity index (χ3n) is 4.50. The standard InChI is InChI=1S/C20H15N5O/c1-13-17-12-23-25(18-8-3-4-9-22-18)20(26)19(17)14(2)24(13)16-7-5-6-15(10-16)11-21/h3-10,12H,1-2H3. The maximum absolute atomic E-state index is 13.1. The van der Waals surface area contributed by atoms with Gasteiger partial charge in [0.25, 0.3) is 5.56 Å². The molecule has 0 amide bonds. The van der Waals surface area contributed by atoms with Crippen molar-refractivity contribution in [3.63, 3.8) is 0 Å². The topological polar surface area (TPSA) is 76.5 Å². The fourth-order valence-electron chi connectivity index (χ4n) is 3.31. The van der Waals surface area contributed by atoms with Gasteiger partial charge < -0.3 is 4.57 Å². The largest absolute Gasteiger partial charge is 0.317 e. The van der Waals surface area contributed by atoms with E-state index in [1.54, 1.807) is 30.6 Å². The summed E-state index contributed by atoms with van der Waals surface area (Å²) < 4.78 is 3.29. The van der Waals surface area contributed by atoms with E-state index in [-0.39, 0.29) is 5.56 Å². The van der Waals surface area contributed by atoms with E-state index < -0.39 is 0 Å². The number of rotatable bonds is 2. The highest BCUT2D eigenvalue weighted by Crippen LogP contribution is 2.26. The molecule has 1 aromatic carbocycles. The molecule has 26 heavy (non-hydrogen) atoms. The first-order valence-electron chi connectivity index (χ1n) is 8.13. The molecule has 0 unspecified atom stereocenters. The highest BCUT2D eigenvalue weighted by atomic mass is 16.1. The predicted octanol–water partition coefficient (Wildman–Crippen LogP) is 3.06. The van der Waals surface area contributed by atoms with Crippen LogP contribution in [0.1, 0.15) is 17.0 Å². The zero-order chi connectivity index (χ0) is 18.3. The summed E-state index contributed by atoms with van der Waals surface area (Å²) in [6.45, 7) is 3.85. The summed E-state index contributed by atoms with van der Waals surface area (Å²) in [7, 11) is 0. The van der Waals surface area contributed by atoms with Crippen molar-refractivity contribution in [1.29, 1.82) is 5.26 Å². The average Bonchev–Trinajstić information content (AvgIpc) is 2.94. The molecule has 4 rings (SSSR count). The molecule has 0 atom stereocenters. The fourth-order valence-corrected chi connectivity index (χ4v) is 3.31. The molecule has 0 saturated carbocycles. The smallest absolute Gasteiger partial charge is 0.282 e. The molecule has 3 heterocycles. The molecular formula is C20H15N5O. The van der Waals surface area contributed by atoms with Crippen molar-refractivity contribution >= 4 is 10.8 Å². The van der Waals surface area contributed by atoms with E-state index in [0.717, 1.165) is 22.5 Å². The van der Waals surface area contributed by atoms with Crippen molar-refractivity contribution in [2.24, 2.45) is 0 Å². The molecule has 0 saturated heterocycles. The minimum atomic E-state index is -0.211. The third kappa shape index (κ3) is 2.30. The molecule has 0 radical (unpaired) electrons. The number of hydrogen-bond donors (Lipinski definition) is 0. The third-order valence-corrected chi connectivity index (χ3v) is 4.50. The van der Waals surface area contributed by atoms with Crippen LogP contribution in [0.2, 0.25) is 0 Å². The minimum absolute atomic E-state index is 0.211. The second-order valence-electron chi connectivity index (χ2n) is 6.01. The van der Waals surface area contributed by atoms with Crippen LogP contribution in [0.5, 0.6) is 0 Å². The van der Waals surface area contributed by atoms with Crippen LogP contribution in [0, 0.1) is 25.2 Å². The number of aryl methyl sites for hydroxylation is 2. The highest BCUT2D eigenvalue weighted by Gasteiger charge is 2.18. The van der Waals surface area contributed by atoms with E-state index >= 15 is 0 Å². The normalized spacial score (nSPS) is 10.8. The van der Waals surface area contributed by atoms with Crippen LogP contribution in [0.4, 0.5) is 0 Å². The lowest BCUT2D eigenvalue weighted by Gasteiger charge is -2.09. The van der Waals surface area contributed by atoms with Crippen molar-refractivity contribution < 1.29 is 0 Å². The van der Waals surface area contributed by atoms with Gasteiger partial charge in [-0.1, -0.05) is 12.1 Å². The van der Waals surface area contributed by atoms with Gasteiger partial charge in [-0.15, -0.1) is 0 Å². The van der Waals surface area contributed by atoms with Crippen LogP contribution >= 0.6 is 0 Å². The second-order valence-corrected chi connectivity index (χ2v) is 6.01. The van der Waals surface area contributed by atoms with Gasteiger partial charge in [-0.3, -0.25) is 4.79 Å². The van der Waals surface area contributed by atoms with Gasteiger partial charge >= 0.3 is 0 Å². The lowest BCUT2D eigenvalue weighted by molar-refractivity contribution is 0.794. The fraction of sp³-hybridized carbons (Fsp3) is 0.100. The molecule has 6 heteroatoms. The van der Waals surface area contributed by atoms with Gasteiger partial charge in [0.15, 0.2) is 5.82 Å². The summed E-state index contributed by atoms with van der Waals surface area (Å²) in [4.78, 5) is 17.3. The van der Waals surface area contributed by atoms with Crippen LogP contribution in [0.25, 0.3) is 22.3 Å². The quantitative estimate of drug-likeness (QED) is 0.561. The Hall–Kier alpha value is -3.72. The number of pyridine rings is 1. The number of nitrogens with zero attached hydrogens (tertiary/aromatic N) is 5. The van der Waals surface area contributed by atoms with Crippen LogP contribution in [-0.4, -0.2) is 19.3 Å². The van der Waals surface area contributed by atoms with Crippen molar-refractivity contribution in [1.82, 2.24) is 19.3 Å². The van der Waals surface area contributed by atoms with Gasteiger partial charge in [0.1, 0.15) is 0 Å². The van der Waals surface area contributed by atoms with E-state index in [4.69, 9.17) is 5.26 Å². The number of fused-ring (bicyclic) bond motifs is 1. The maximum atomic E-state index is 13.1. The summed E-state index contributed by atoms with van der Waals surface area (Å²) in [5, 5.41) is 14.9. The van der Waals surface area contributed by atoms with Crippen LogP contribution in [-0.2, 0) is 0 Å². The molecule has 0 bridgehead atoms. The Morgan fingerprint density at radius 2 is 1.92 bits per heavy atom. The molecule has 0 fully saturated rings. The Bertz CT molecular complexity index is 1230. The molecular weight excluding hydrogens is 326 g/mol. The Kier molecular flexibility index (Phi) is 3.63. The second kappa shape index (κ2) is 5.97. The van der Waals surface area contributed by atoms with Gasteiger partial charge in [0, 0.05) is 28.7 Å². The van der Waals surface area contributed by atoms with E-state index in [1.807, 2.05) is 42.7 Å². The van der Waals surface area contributed by atoms with Gasteiger partial charge in [-0.2, -0.15) is 15.0 Å². The molecule has 0 aliphatic carbocycles. The van der Waals surface area contributed by atoms with E-state index in [0.29, 0.717) is 16.8 Å². The first kappa shape index (κ1) is 15.8. The molecule has 126 valence electrons. The SMILES string of the molecule is Cc1c2cnn(-c3ccccn3)c(=O)c2c(C)n1-c1cccc(C#N)c1. The number of aromatic nitrogens is 4. The van der Waals surface area contributed by atoms with Gasteiger partial charge in [0.2, 0.25) is 0 Å². The van der Waals surface area contributed by atoms with Crippen molar-refractivity contribution in [3.8, 4) is 17.6 Å². The highest BCUT2D eigenvalue weighted by molar-refractivity contribution is 5.88. The van der Waals surface area contributed by atoms with Crippen LogP contribution in [0.15, 0.2) is 59.7 Å². The lowest BCUT2D eigenvalue weighted by atomic mass is 10.2. The Labute approximate surface area is 149 Å². The number of benzene rings is 1. The van der Waals surface area contributed by atoms with E-state index in [2.05, 4.69) is 16.2 Å². The zero-order valence-electron chi connectivity index (χ0n) is 14.3. The van der Waals surface area contributed by atoms with E-state index in [1.165, 1.54) is 4.68 Å². The monoisotopic (exact) mass is 341 g/mol. The van der Waals surface area contributed by atoms with Crippen LogP contribution in [0.3, 0.4) is 0 Å². The zero-order valence-corrected chi connectivity index (χ0v) is 14.3. The molecule has 0 aliphatic heterocycles. The Balaban J connectivity index is 2.02. The first-order chi connectivity index (χ1) is 12.6. The Morgan fingerprint density at radius 3 is 2.65 bits per heavy atom. The maximum Gasteiger partial charge on any atom is 0.282 e. The molecule has 0 spiro atoms. The number of nitriles is 1. The molecule has 3 aromatic heterocycles. The molecule has 0 aliphatic rings. The summed E-state index contributed by atoms with van der Waals surface area (Å²) in [5.74, 6) is 0.482. The predicted molar refractivity (Wildman–Crippen MR) is 98.7 cm³/mol. The van der Waals surface area contributed by atoms with Crippen molar-refractivity contribution in [3.05, 3.63) is 82.2 Å². The number of hydrogen-bond acceptors (Lipinski definition) is 4. The minimum Gasteiger partial charge on any atom is -0.317 e. The Morgan fingerprint density at radius 1 is 1.08 bits per heavy atom. The lowest BCUT2D eigenvalue weighted by Crippen LogP contribution is -2.21. The van der Waals surface area contributed by atoms with Gasteiger partial charge in [0.05, 0.1) is 23.2 Å². The van der Waals surface area contributed by atoms with Gasteiger partial charge in [-0.25, -0.2) is 4.98 Å². The summed E-state index contributed by atoms with van der Waals surface area (Å²) in [6.07, 6.45) is 3.32. The average molecular weight is 341 g/mol. The van der Waals surface area contributed by atoms with Crippen LogP contribution < -0.4 is 5.56 Å². The van der Waals surface area contributed by atoms with Crippen molar-refractivity contribution in [2.75, 3.05) is 0 Å².